The zero-order valence-corrected chi connectivity index (χ0v) is 10.00. The number of benzene rings is 1. The number of nitrogen functional groups attached to an aromatic ring is 1. The molecule has 0 amide bonds. The number of hydrogen-bond donors (Lipinski definition) is 2. The van der Waals surface area contributed by atoms with Gasteiger partial charge in [-0.15, -0.1) is 11.3 Å². The number of aromatic nitrogens is 3. The number of nitrogens with two attached hydrogens (primary N) is 1. The van der Waals surface area contributed by atoms with E-state index in [2.05, 4.69) is 15.0 Å². The number of rotatable bonds is 3. The number of para-hydroxylation sites is 2. The highest BCUT2D eigenvalue weighted by molar-refractivity contribution is 7.13. The molecule has 4 nitrogen and oxygen atoms in total. The molecule has 0 aliphatic carbocycles. The molecule has 0 saturated heterocycles. The monoisotopic (exact) mass is 244 g/mol. The number of nitrogens with zero attached hydrogens (tertiary/aromatic N) is 2. The van der Waals surface area contributed by atoms with Crippen molar-refractivity contribution in [3.63, 3.8) is 0 Å². The minimum Gasteiger partial charge on any atom is -0.375 e. The van der Waals surface area contributed by atoms with Crippen LogP contribution in [0.3, 0.4) is 0 Å². The lowest BCUT2D eigenvalue weighted by Gasteiger charge is -1.93. The van der Waals surface area contributed by atoms with E-state index in [1.54, 1.807) is 0 Å². The van der Waals surface area contributed by atoms with Gasteiger partial charge in [-0.05, 0) is 18.6 Å². The van der Waals surface area contributed by atoms with Crippen LogP contribution in [0.1, 0.15) is 11.5 Å². The molecule has 3 rings (SSSR count). The maximum atomic E-state index is 5.59. The first kappa shape index (κ1) is 10.3. The van der Waals surface area contributed by atoms with Crippen LogP contribution in [0.25, 0.3) is 11.0 Å². The largest absolute Gasteiger partial charge is 0.375 e. The Morgan fingerprint density at radius 2 is 2.06 bits per heavy atom. The van der Waals surface area contributed by atoms with E-state index < -0.39 is 0 Å². The standard InChI is InChI=1S/C12H12N4S/c13-12-14-8(7-17-12)5-6-11-15-9-3-1-2-4-10(9)16-11/h1-4,7H,5-6H2,(H2,13,14)(H,15,16). The van der Waals surface area contributed by atoms with E-state index in [1.165, 1.54) is 11.3 Å². The summed E-state index contributed by atoms with van der Waals surface area (Å²) in [7, 11) is 0. The number of nitrogens with one attached hydrogen (secondary N) is 1. The second kappa shape index (κ2) is 4.18. The highest BCUT2D eigenvalue weighted by Gasteiger charge is 2.04. The fourth-order valence-corrected chi connectivity index (χ4v) is 2.41. The SMILES string of the molecule is Nc1nc(CCc2nc3ccccc3[nH]2)cs1. The quantitative estimate of drug-likeness (QED) is 0.743. The van der Waals surface area contributed by atoms with E-state index >= 15 is 0 Å². The Labute approximate surface area is 103 Å². The van der Waals surface area contributed by atoms with Crippen molar-refractivity contribution in [3.05, 3.63) is 41.2 Å². The number of thiazole rings is 1. The van der Waals surface area contributed by atoms with E-state index in [-0.39, 0.29) is 0 Å². The Balaban J connectivity index is 1.76. The first-order chi connectivity index (χ1) is 8.31. The zero-order chi connectivity index (χ0) is 11.7. The first-order valence-electron chi connectivity index (χ1n) is 5.45. The smallest absolute Gasteiger partial charge is 0.180 e. The fourth-order valence-electron chi connectivity index (χ4n) is 1.81. The summed E-state index contributed by atoms with van der Waals surface area (Å²) in [5.74, 6) is 0.998. The average molecular weight is 244 g/mol. The summed E-state index contributed by atoms with van der Waals surface area (Å²) < 4.78 is 0. The summed E-state index contributed by atoms with van der Waals surface area (Å²) in [6.07, 6.45) is 1.73. The highest BCUT2D eigenvalue weighted by atomic mass is 32.1. The summed E-state index contributed by atoms with van der Waals surface area (Å²) in [5.41, 5.74) is 8.73. The summed E-state index contributed by atoms with van der Waals surface area (Å²) in [5, 5.41) is 2.63. The Morgan fingerprint density at radius 3 is 2.82 bits per heavy atom. The molecule has 3 N–H and O–H groups in total. The molecule has 0 bridgehead atoms. The van der Waals surface area contributed by atoms with Crippen molar-refractivity contribution < 1.29 is 0 Å². The Kier molecular flexibility index (Phi) is 2.53. The third kappa shape index (κ3) is 2.14. The molecule has 0 aliphatic heterocycles. The predicted octanol–water partition coefficient (Wildman–Crippen LogP) is 2.39. The van der Waals surface area contributed by atoms with Gasteiger partial charge in [0, 0.05) is 11.8 Å². The summed E-state index contributed by atoms with van der Waals surface area (Å²) in [6, 6.07) is 8.04. The summed E-state index contributed by atoms with van der Waals surface area (Å²) in [6.45, 7) is 0. The van der Waals surface area contributed by atoms with Gasteiger partial charge in [-0.25, -0.2) is 9.97 Å². The van der Waals surface area contributed by atoms with Gasteiger partial charge in [0.05, 0.1) is 16.7 Å². The lowest BCUT2D eigenvalue weighted by Crippen LogP contribution is -1.94. The van der Waals surface area contributed by atoms with Gasteiger partial charge in [-0.1, -0.05) is 12.1 Å². The molecule has 0 unspecified atom stereocenters. The summed E-state index contributed by atoms with van der Waals surface area (Å²) >= 11 is 1.48. The molecule has 0 atom stereocenters. The van der Waals surface area contributed by atoms with Crippen LogP contribution in [0.4, 0.5) is 5.13 Å². The Morgan fingerprint density at radius 1 is 1.18 bits per heavy atom. The van der Waals surface area contributed by atoms with Gasteiger partial charge in [0.25, 0.3) is 0 Å². The van der Waals surface area contributed by atoms with Crippen LogP contribution in [0, 0.1) is 0 Å². The van der Waals surface area contributed by atoms with Gasteiger partial charge in [0.2, 0.25) is 0 Å². The van der Waals surface area contributed by atoms with Crippen molar-refractivity contribution in [2.24, 2.45) is 0 Å². The number of hydrogen-bond acceptors (Lipinski definition) is 4. The van der Waals surface area contributed by atoms with Gasteiger partial charge in [0.15, 0.2) is 5.13 Å². The minimum atomic E-state index is 0.629. The third-order valence-electron chi connectivity index (χ3n) is 2.63. The van der Waals surface area contributed by atoms with Crippen molar-refractivity contribution in [3.8, 4) is 0 Å². The number of aryl methyl sites for hydroxylation is 2. The number of imidazole rings is 1. The van der Waals surface area contributed by atoms with Crippen molar-refractivity contribution >= 4 is 27.5 Å². The van der Waals surface area contributed by atoms with Gasteiger partial charge in [-0.3, -0.25) is 0 Å². The van der Waals surface area contributed by atoms with Crippen LogP contribution in [0.5, 0.6) is 0 Å². The molecular weight excluding hydrogens is 232 g/mol. The summed E-state index contributed by atoms with van der Waals surface area (Å²) in [4.78, 5) is 12.1. The fraction of sp³-hybridized carbons (Fsp3) is 0.167. The van der Waals surface area contributed by atoms with Crippen LogP contribution in [-0.4, -0.2) is 15.0 Å². The molecule has 2 aromatic heterocycles. The van der Waals surface area contributed by atoms with E-state index in [9.17, 15) is 0 Å². The molecule has 0 aliphatic rings. The molecule has 2 heterocycles. The Hall–Kier alpha value is -1.88. The molecule has 0 saturated carbocycles. The molecule has 0 spiro atoms. The number of aromatic amines is 1. The number of anilines is 1. The minimum absolute atomic E-state index is 0.629. The molecule has 1 aromatic carbocycles. The molecular formula is C12H12N4S. The third-order valence-corrected chi connectivity index (χ3v) is 3.35. The molecule has 0 fully saturated rings. The highest BCUT2D eigenvalue weighted by Crippen LogP contribution is 2.14. The van der Waals surface area contributed by atoms with E-state index in [0.717, 1.165) is 35.4 Å². The van der Waals surface area contributed by atoms with Crippen LogP contribution < -0.4 is 5.73 Å². The van der Waals surface area contributed by atoms with Crippen LogP contribution in [0.15, 0.2) is 29.6 Å². The second-order valence-electron chi connectivity index (χ2n) is 3.88. The van der Waals surface area contributed by atoms with Gasteiger partial charge < -0.3 is 10.7 Å². The molecule has 3 aromatic rings. The second-order valence-corrected chi connectivity index (χ2v) is 4.77. The average Bonchev–Trinajstić information content (AvgIpc) is 2.91. The van der Waals surface area contributed by atoms with Crippen molar-refractivity contribution in [1.29, 1.82) is 0 Å². The lowest BCUT2D eigenvalue weighted by molar-refractivity contribution is 0.869. The molecule has 5 heteroatoms. The number of fused-ring (bicyclic) bond motifs is 1. The van der Waals surface area contributed by atoms with Gasteiger partial charge >= 0.3 is 0 Å². The normalized spacial score (nSPS) is 11.1. The Bertz CT molecular complexity index is 608. The first-order valence-corrected chi connectivity index (χ1v) is 6.33. The van der Waals surface area contributed by atoms with Crippen LogP contribution >= 0.6 is 11.3 Å². The van der Waals surface area contributed by atoms with Crippen molar-refractivity contribution in [2.45, 2.75) is 12.8 Å². The predicted molar refractivity (Wildman–Crippen MR) is 70.0 cm³/mol. The molecule has 0 radical (unpaired) electrons. The van der Waals surface area contributed by atoms with Crippen LogP contribution in [-0.2, 0) is 12.8 Å². The topological polar surface area (TPSA) is 67.6 Å². The maximum absolute atomic E-state index is 5.59. The van der Waals surface area contributed by atoms with Gasteiger partial charge in [-0.2, -0.15) is 0 Å². The van der Waals surface area contributed by atoms with Crippen molar-refractivity contribution in [2.75, 3.05) is 5.73 Å². The number of H-pyrrole nitrogens is 1. The van der Waals surface area contributed by atoms with Crippen molar-refractivity contribution in [1.82, 2.24) is 15.0 Å². The van der Waals surface area contributed by atoms with E-state index in [4.69, 9.17) is 5.73 Å². The van der Waals surface area contributed by atoms with E-state index in [0.29, 0.717) is 5.13 Å². The zero-order valence-electron chi connectivity index (χ0n) is 9.18. The molecule has 17 heavy (non-hydrogen) atoms. The van der Waals surface area contributed by atoms with E-state index in [1.807, 2.05) is 29.6 Å². The molecule has 86 valence electrons. The van der Waals surface area contributed by atoms with Crippen LogP contribution in [0.2, 0.25) is 0 Å². The lowest BCUT2D eigenvalue weighted by atomic mass is 10.2. The maximum Gasteiger partial charge on any atom is 0.180 e. The van der Waals surface area contributed by atoms with Gasteiger partial charge in [0.1, 0.15) is 5.82 Å².